The van der Waals surface area contributed by atoms with E-state index < -0.39 is 46.6 Å². The van der Waals surface area contributed by atoms with Gasteiger partial charge in [-0.3, -0.25) is 0 Å². The van der Waals surface area contributed by atoms with Crippen molar-refractivity contribution in [2.45, 2.75) is 167 Å². The number of carbonyl (C=O) groups excluding carboxylic acids is 2. The zero-order valence-electron chi connectivity index (χ0n) is 41.5. The molecule has 0 saturated carbocycles. The molecule has 69 heavy (non-hydrogen) atoms. The third-order valence-corrected chi connectivity index (χ3v) is 15.0. The molecule has 3 N–H and O–H groups in total. The second kappa shape index (κ2) is 38.5. The molecule has 3 aromatic rings. The lowest BCUT2D eigenvalue weighted by Crippen LogP contribution is -2.14. The number of pyridine rings is 3. The van der Waals surface area contributed by atoms with Gasteiger partial charge in [-0.25, -0.2) is 54.6 Å². The molecule has 16 nitrogen and oxygen atoms in total. The summed E-state index contributed by atoms with van der Waals surface area (Å²) in [5, 5.41) is 9.02. The Labute approximate surface area is 417 Å². The number of carboxylic acid groups (broad SMARTS) is 1. The predicted octanol–water partition coefficient (Wildman–Crippen LogP) is 10.7. The van der Waals surface area contributed by atoms with E-state index in [1.54, 1.807) is 30.3 Å². The number of rotatable bonds is 31. The maximum absolute atomic E-state index is 12.2. The number of nitrogens with two attached hydrogens (primary N) is 1. The highest BCUT2D eigenvalue weighted by atomic mass is 35.7. The summed E-state index contributed by atoms with van der Waals surface area (Å²) >= 11 is 0. The maximum atomic E-state index is 12.2. The van der Waals surface area contributed by atoms with Crippen molar-refractivity contribution in [2.24, 2.45) is 0 Å². The van der Waals surface area contributed by atoms with Crippen molar-refractivity contribution in [3.63, 3.8) is 0 Å². The molecule has 0 fully saturated rings. The molecule has 0 saturated heterocycles. The third-order valence-electron chi connectivity index (χ3n) is 10.4. The van der Waals surface area contributed by atoms with E-state index in [2.05, 4.69) is 45.2 Å². The minimum atomic E-state index is -3.29. The molecular weight excluding hydrogens is 968 g/mol. The highest BCUT2D eigenvalue weighted by molar-refractivity contribution is 8.13. The van der Waals surface area contributed by atoms with Crippen LogP contribution in [0.15, 0.2) is 55.0 Å². The Bertz CT molecular complexity index is 2230. The summed E-state index contributed by atoms with van der Waals surface area (Å²) < 4.78 is 78.8. The van der Waals surface area contributed by atoms with Crippen molar-refractivity contribution < 1.29 is 54.2 Å². The number of anilines is 1. The van der Waals surface area contributed by atoms with Crippen LogP contribution in [0.4, 0.5) is 5.69 Å². The summed E-state index contributed by atoms with van der Waals surface area (Å²) in [5.41, 5.74) is 6.50. The number of aromatic carboxylic acids is 1. The quantitative estimate of drug-likeness (QED) is 0.0345. The van der Waals surface area contributed by atoms with E-state index in [1.165, 1.54) is 110 Å². The number of ether oxygens (including phenoxy) is 2. The number of esters is 2. The number of unbranched alkanes of at least 4 members (excludes halogenated alkanes) is 18. The molecule has 20 heteroatoms. The van der Waals surface area contributed by atoms with Crippen molar-refractivity contribution in [3.05, 3.63) is 83.2 Å². The first-order chi connectivity index (χ1) is 32.8. The highest BCUT2D eigenvalue weighted by Gasteiger charge is 2.20. The van der Waals surface area contributed by atoms with Crippen LogP contribution in [-0.4, -0.2) is 94.7 Å². The number of hydrogen-bond acceptors (Lipinski definition) is 15. The van der Waals surface area contributed by atoms with Crippen LogP contribution in [-0.2, 0) is 49.7 Å². The van der Waals surface area contributed by atoms with Gasteiger partial charge in [-0.2, -0.15) is 0 Å². The van der Waals surface area contributed by atoms with Gasteiger partial charge in [0.05, 0.1) is 48.7 Å². The number of halogens is 1. The molecule has 392 valence electrons. The predicted molar refractivity (Wildman–Crippen MR) is 275 cm³/mol. The molecule has 3 rings (SSSR count). The van der Waals surface area contributed by atoms with Gasteiger partial charge in [0.25, 0.3) is 0 Å². The molecule has 0 spiro atoms. The fourth-order valence-corrected chi connectivity index (χ4v) is 10.5. The lowest BCUT2D eigenvalue weighted by atomic mass is 10.1. The number of carbonyl (C=O) groups is 3. The Hall–Kier alpha value is -4.20. The maximum Gasteiger partial charge on any atom is 0.358 e. The molecule has 0 unspecified atom stereocenters. The normalized spacial score (nSPS) is 11.2. The van der Waals surface area contributed by atoms with Gasteiger partial charge in [0.15, 0.2) is 36.8 Å². The van der Waals surface area contributed by atoms with E-state index in [-0.39, 0.29) is 51.4 Å². The number of nitrogen functional groups attached to an aromatic ring is 1. The van der Waals surface area contributed by atoms with Gasteiger partial charge in [0.2, 0.25) is 9.05 Å². The average Bonchev–Trinajstić information content (AvgIpc) is 3.30. The summed E-state index contributed by atoms with van der Waals surface area (Å²) in [5.74, 6) is -2.34. The number of aromatic nitrogens is 3. The van der Waals surface area contributed by atoms with E-state index >= 15 is 0 Å². The van der Waals surface area contributed by atoms with Gasteiger partial charge in [0, 0.05) is 40.4 Å². The lowest BCUT2D eigenvalue weighted by Gasteiger charge is -2.08. The second-order valence-electron chi connectivity index (χ2n) is 16.5. The number of hydrogen-bond donors (Lipinski definition) is 2. The van der Waals surface area contributed by atoms with E-state index in [9.17, 15) is 39.6 Å². The molecular formula is C49H79ClN4O12S3. The van der Waals surface area contributed by atoms with E-state index in [4.69, 9.17) is 21.5 Å². The van der Waals surface area contributed by atoms with Crippen molar-refractivity contribution in [1.82, 2.24) is 15.0 Å². The molecule has 3 aromatic heterocycles. The topological polar surface area (TPSA) is 257 Å². The highest BCUT2D eigenvalue weighted by Crippen LogP contribution is 2.16. The van der Waals surface area contributed by atoms with Crippen LogP contribution in [0.2, 0.25) is 0 Å². The number of sulfone groups is 2. The number of carboxylic acids is 1. The van der Waals surface area contributed by atoms with Crippen LogP contribution in [0.1, 0.15) is 198 Å². The molecule has 0 aliphatic carbocycles. The Morgan fingerprint density at radius 3 is 1.19 bits per heavy atom. The minimum absolute atomic E-state index is 0.0816. The van der Waals surface area contributed by atoms with E-state index in [1.807, 2.05) is 0 Å². The van der Waals surface area contributed by atoms with Gasteiger partial charge >= 0.3 is 17.9 Å². The molecule has 0 aromatic carbocycles. The van der Waals surface area contributed by atoms with Crippen LogP contribution in [0.25, 0.3) is 0 Å². The van der Waals surface area contributed by atoms with Crippen LogP contribution < -0.4 is 5.73 Å². The lowest BCUT2D eigenvalue weighted by molar-refractivity contribution is 0.0585. The van der Waals surface area contributed by atoms with Gasteiger partial charge in [-0.15, -0.1) is 0 Å². The molecule has 0 atom stereocenters. The first-order valence-corrected chi connectivity index (χ1v) is 30.2. The van der Waals surface area contributed by atoms with Crippen molar-refractivity contribution in [3.8, 4) is 0 Å². The Morgan fingerprint density at radius 2 is 0.826 bits per heavy atom. The Balaban J connectivity index is 0.000000933. The summed E-state index contributed by atoms with van der Waals surface area (Å²) in [6.45, 7) is 6.52. The molecule has 3 heterocycles. The van der Waals surface area contributed by atoms with E-state index in [0.717, 1.165) is 44.9 Å². The molecule has 0 amide bonds. The van der Waals surface area contributed by atoms with Crippen LogP contribution in [0.3, 0.4) is 0 Å². The zero-order chi connectivity index (χ0) is 52.0. The van der Waals surface area contributed by atoms with Crippen LogP contribution >= 0.6 is 10.7 Å². The molecule has 0 aliphatic heterocycles. The summed E-state index contributed by atoms with van der Waals surface area (Å²) in [6.07, 6.45) is 27.1. The van der Waals surface area contributed by atoms with E-state index in [0.29, 0.717) is 30.5 Å². The molecule has 0 aliphatic rings. The number of methoxy groups -OCH3 is 2. The molecule has 0 radical (unpaired) electrons. The minimum Gasteiger partial charge on any atom is -0.477 e. The Kier molecular flexibility index (Phi) is 36.2. The average molecular weight is 1050 g/mol. The third kappa shape index (κ3) is 33.9. The monoisotopic (exact) mass is 1050 g/mol. The van der Waals surface area contributed by atoms with Crippen molar-refractivity contribution >= 4 is 63.0 Å². The summed E-state index contributed by atoms with van der Waals surface area (Å²) in [7, 11) is -2.17. The number of nitrogens with zero attached hydrogens (tertiary/aromatic N) is 3. The fourth-order valence-electron chi connectivity index (χ4n) is 6.68. The zero-order valence-corrected chi connectivity index (χ0v) is 44.7. The van der Waals surface area contributed by atoms with Crippen molar-refractivity contribution in [2.75, 3.05) is 37.2 Å². The first kappa shape index (κ1) is 64.8. The van der Waals surface area contributed by atoms with Gasteiger partial charge in [-0.05, 0) is 43.5 Å². The Morgan fingerprint density at radius 1 is 0.507 bits per heavy atom. The summed E-state index contributed by atoms with van der Waals surface area (Å²) in [4.78, 5) is 45.0. The first-order valence-electron chi connectivity index (χ1n) is 24.1. The second-order valence-corrected chi connectivity index (χ2v) is 23.8. The van der Waals surface area contributed by atoms with Crippen LogP contribution in [0, 0.1) is 0 Å². The van der Waals surface area contributed by atoms with Gasteiger partial charge in [-0.1, -0.05) is 148 Å². The van der Waals surface area contributed by atoms with Crippen molar-refractivity contribution in [1.29, 1.82) is 0 Å². The largest absolute Gasteiger partial charge is 0.477 e. The molecule has 0 bridgehead atoms. The van der Waals surface area contributed by atoms with Crippen LogP contribution in [0.5, 0.6) is 0 Å². The summed E-state index contributed by atoms with van der Waals surface area (Å²) in [6, 6.07) is 9.57. The standard InChI is InChI=1S/C17H27NO4S.C16H25NO4S.C9H19ClO2S.C7H8N2O2/c1-3-4-5-6-7-8-9-13-23(20,21)14-15-11-10-12-18-16(15)17(19)22-2;1-2-3-4-5-6-7-8-12-22(20,21)13-14-10-9-11-17-15(14)16(18)19;1-2-3-4-5-6-7-8-9-13(10,11)12;1-11-7(10)6-5(8)3-2-4-9-6/h10-12H,3-9,13-14H2,1-2H3;9-11H,2-8,12-13H2,1H3,(H,18,19);2-9H2,1H3;2-4H,8H2,1H3. The SMILES string of the molecule is CCCCCCCCCS(=O)(=O)Cc1cccnc1C(=O)O.CCCCCCCCCS(=O)(=O)Cc1cccnc1C(=O)OC.CCCCCCCCCS(=O)(=O)Cl.COC(=O)c1ncccc1N. The smallest absolute Gasteiger partial charge is 0.358 e. The fraction of sp³-hybridized carbons (Fsp3) is 0.633. The van der Waals surface area contributed by atoms with Gasteiger partial charge < -0.3 is 20.3 Å². The van der Waals surface area contributed by atoms with Gasteiger partial charge in [0.1, 0.15) is 0 Å².